The van der Waals surface area contributed by atoms with E-state index in [0.717, 1.165) is 66.6 Å². The summed E-state index contributed by atoms with van der Waals surface area (Å²) in [6.45, 7) is 5.72. The third-order valence-electron chi connectivity index (χ3n) is 7.34. The van der Waals surface area contributed by atoms with Crippen LogP contribution in [-0.4, -0.2) is 33.7 Å². The van der Waals surface area contributed by atoms with Gasteiger partial charge in [-0.1, -0.05) is 18.6 Å². The highest BCUT2D eigenvalue weighted by molar-refractivity contribution is 6.05. The molecule has 2 aromatic carbocycles. The highest BCUT2D eigenvalue weighted by Gasteiger charge is 2.34. The molecule has 1 fully saturated rings. The van der Waals surface area contributed by atoms with Crippen molar-refractivity contribution in [1.82, 2.24) is 25.6 Å². The topological polar surface area (TPSA) is 77.5 Å². The fourth-order valence-electron chi connectivity index (χ4n) is 4.97. The number of hydrazine groups is 2. The van der Waals surface area contributed by atoms with E-state index in [1.54, 1.807) is 40.2 Å². The van der Waals surface area contributed by atoms with Crippen LogP contribution in [-0.2, 0) is 19.8 Å². The minimum absolute atomic E-state index is 0.104. The van der Waals surface area contributed by atoms with E-state index in [1.165, 1.54) is 6.07 Å². The first-order valence-electron chi connectivity index (χ1n) is 13.0. The van der Waals surface area contributed by atoms with Crippen molar-refractivity contribution in [3.8, 4) is 0 Å². The Morgan fingerprint density at radius 3 is 2.54 bits per heavy atom. The zero-order valence-corrected chi connectivity index (χ0v) is 22.2. The molecular weight excluding hydrogens is 507 g/mol. The molecule has 3 N–H and O–H groups in total. The molecule has 1 amide bonds. The van der Waals surface area contributed by atoms with Crippen molar-refractivity contribution in [3.05, 3.63) is 82.3 Å². The number of nitrogens with zero attached hydrogens (tertiary/aromatic N) is 4. The molecule has 3 aromatic rings. The molecule has 0 atom stereocenters. The number of hydrogen-bond donors (Lipinski definition) is 3. The van der Waals surface area contributed by atoms with Crippen molar-refractivity contribution in [2.75, 3.05) is 23.4 Å². The summed E-state index contributed by atoms with van der Waals surface area (Å²) in [6, 6.07) is 9.20. The van der Waals surface area contributed by atoms with Crippen LogP contribution in [0.15, 0.2) is 48.8 Å². The summed E-state index contributed by atoms with van der Waals surface area (Å²) in [5.74, 6) is -0.493. The van der Waals surface area contributed by atoms with Crippen molar-refractivity contribution < 1.29 is 18.0 Å². The lowest BCUT2D eigenvalue weighted by atomic mass is 10.0. The number of amides is 1. The molecule has 39 heavy (non-hydrogen) atoms. The number of benzene rings is 2. The van der Waals surface area contributed by atoms with E-state index >= 15 is 0 Å². The Bertz CT molecular complexity index is 1410. The average molecular weight is 540 g/mol. The van der Waals surface area contributed by atoms with E-state index in [1.807, 2.05) is 27.1 Å². The maximum Gasteiger partial charge on any atom is 0.416 e. The van der Waals surface area contributed by atoms with Crippen molar-refractivity contribution in [3.63, 3.8) is 0 Å². The van der Waals surface area contributed by atoms with Crippen LogP contribution in [0.5, 0.6) is 0 Å². The summed E-state index contributed by atoms with van der Waals surface area (Å²) in [6.07, 6.45) is 2.22. The molecule has 1 aromatic heterocycles. The fraction of sp³-hybridized carbons (Fsp3) is 0.357. The number of rotatable bonds is 6. The first kappa shape index (κ1) is 26.8. The molecule has 0 unspecified atom stereocenters. The van der Waals surface area contributed by atoms with Gasteiger partial charge in [-0.15, -0.1) is 5.53 Å². The van der Waals surface area contributed by atoms with E-state index in [4.69, 9.17) is 0 Å². The Labute approximate surface area is 225 Å². The molecule has 0 radical (unpaired) electrons. The Morgan fingerprint density at radius 2 is 1.85 bits per heavy atom. The second-order valence-corrected chi connectivity index (χ2v) is 10.1. The minimum atomic E-state index is -4.52. The van der Waals surface area contributed by atoms with E-state index < -0.39 is 17.6 Å². The predicted octanol–water partition coefficient (Wildman–Crippen LogP) is 5.12. The Hall–Kier alpha value is -3.83. The number of nitrogens with one attached hydrogen (secondary N) is 3. The van der Waals surface area contributed by atoms with Gasteiger partial charge in [-0.2, -0.15) is 18.3 Å². The number of anilines is 2. The lowest BCUT2D eigenvalue weighted by Gasteiger charge is -2.27. The van der Waals surface area contributed by atoms with Gasteiger partial charge in [0.2, 0.25) is 0 Å². The number of likely N-dealkylation sites (tertiary alicyclic amines) is 1. The third-order valence-corrected chi connectivity index (χ3v) is 7.34. The second-order valence-electron chi connectivity index (χ2n) is 10.1. The van der Waals surface area contributed by atoms with Crippen molar-refractivity contribution in [2.24, 2.45) is 7.05 Å². The van der Waals surface area contributed by atoms with Gasteiger partial charge in [0.25, 0.3) is 5.91 Å². The van der Waals surface area contributed by atoms with E-state index in [-0.39, 0.29) is 17.8 Å². The van der Waals surface area contributed by atoms with E-state index in [0.29, 0.717) is 5.56 Å². The SMILES string of the molecule is Cc1ccc(C(=O)Nc2ccc(CN3CCCCC3)c(C(F)(F)F)c2)cc1N1C=C(c2cnn(C)c2C)NN1. The molecule has 0 bridgehead atoms. The summed E-state index contributed by atoms with van der Waals surface area (Å²) in [4.78, 5) is 15.2. The van der Waals surface area contributed by atoms with E-state index in [2.05, 4.69) is 26.3 Å². The number of carbonyl (C=O) groups is 1. The van der Waals surface area contributed by atoms with Crippen LogP contribution >= 0.6 is 0 Å². The largest absolute Gasteiger partial charge is 0.416 e. The summed E-state index contributed by atoms with van der Waals surface area (Å²) >= 11 is 0. The standard InChI is InChI=1S/C28H32F3N7O/c1-18-7-8-20(13-26(18)38-17-25(34-35-38)23-15-32-36(3)19(23)2)27(39)33-22-10-9-21(24(14-22)28(29,30)31)16-37-11-5-4-6-12-37/h7-10,13-15,17,34-35H,4-6,11-12,16H2,1-3H3,(H,33,39). The van der Waals surface area contributed by atoms with Crippen LogP contribution in [0, 0.1) is 13.8 Å². The number of hydrogen-bond acceptors (Lipinski definition) is 6. The monoisotopic (exact) mass is 539 g/mol. The number of halogens is 3. The van der Waals surface area contributed by atoms with Crippen LogP contribution < -0.4 is 21.3 Å². The van der Waals surface area contributed by atoms with Crippen molar-refractivity contribution >= 4 is 23.0 Å². The third kappa shape index (κ3) is 5.79. The van der Waals surface area contributed by atoms with Gasteiger partial charge in [-0.3, -0.25) is 19.4 Å². The highest BCUT2D eigenvalue weighted by atomic mass is 19.4. The first-order valence-corrected chi connectivity index (χ1v) is 13.0. The number of aryl methyl sites for hydroxylation is 2. The van der Waals surface area contributed by atoms with Gasteiger partial charge < -0.3 is 10.7 Å². The number of carbonyl (C=O) groups excluding carboxylic acids is 1. The predicted molar refractivity (Wildman–Crippen MR) is 144 cm³/mol. The molecule has 0 spiro atoms. The Balaban J connectivity index is 1.35. The van der Waals surface area contributed by atoms with Gasteiger partial charge >= 0.3 is 6.18 Å². The lowest BCUT2D eigenvalue weighted by molar-refractivity contribution is -0.138. The van der Waals surface area contributed by atoms with Crippen LogP contribution in [0.25, 0.3) is 5.70 Å². The Morgan fingerprint density at radius 1 is 1.08 bits per heavy atom. The number of piperidine rings is 1. The van der Waals surface area contributed by atoms with Crippen LogP contribution in [0.1, 0.15) is 57.6 Å². The summed E-state index contributed by atoms with van der Waals surface area (Å²) < 4.78 is 43.6. The number of aromatic nitrogens is 2. The summed E-state index contributed by atoms with van der Waals surface area (Å²) in [5.41, 5.74) is 10.5. The highest BCUT2D eigenvalue weighted by Crippen LogP contribution is 2.35. The molecule has 0 aliphatic carbocycles. The van der Waals surface area contributed by atoms with Crippen molar-refractivity contribution in [2.45, 2.75) is 45.8 Å². The summed E-state index contributed by atoms with van der Waals surface area (Å²) in [5, 5.41) is 8.68. The molecule has 206 valence electrons. The smallest absolute Gasteiger partial charge is 0.322 e. The van der Waals surface area contributed by atoms with Gasteiger partial charge in [-0.05, 0) is 75.2 Å². The quantitative estimate of drug-likeness (QED) is 0.404. The van der Waals surface area contributed by atoms with Gasteiger partial charge in [0.1, 0.15) is 0 Å². The van der Waals surface area contributed by atoms with Gasteiger partial charge in [-0.25, -0.2) is 0 Å². The lowest BCUT2D eigenvalue weighted by Crippen LogP contribution is -2.36. The van der Waals surface area contributed by atoms with Gasteiger partial charge in [0, 0.05) is 42.3 Å². The summed E-state index contributed by atoms with van der Waals surface area (Å²) in [7, 11) is 1.87. The minimum Gasteiger partial charge on any atom is -0.322 e. The van der Waals surface area contributed by atoms with Gasteiger partial charge in [0.15, 0.2) is 0 Å². The van der Waals surface area contributed by atoms with Gasteiger partial charge in [0.05, 0.1) is 23.1 Å². The first-order chi connectivity index (χ1) is 18.6. The molecule has 0 saturated carbocycles. The van der Waals surface area contributed by atoms with E-state index in [9.17, 15) is 18.0 Å². The molecule has 8 nitrogen and oxygen atoms in total. The van der Waals surface area contributed by atoms with Crippen LogP contribution in [0.2, 0.25) is 0 Å². The van der Waals surface area contributed by atoms with Crippen LogP contribution in [0.4, 0.5) is 24.5 Å². The molecule has 11 heteroatoms. The molecular formula is C28H32F3N7O. The Kier molecular flexibility index (Phi) is 7.37. The molecule has 2 aliphatic rings. The average Bonchev–Trinajstić information content (AvgIpc) is 3.51. The van der Waals surface area contributed by atoms with Crippen LogP contribution in [0.3, 0.4) is 0 Å². The maximum absolute atomic E-state index is 13.9. The normalized spacial score (nSPS) is 16.3. The van der Waals surface area contributed by atoms with Crippen molar-refractivity contribution in [1.29, 1.82) is 0 Å². The zero-order valence-electron chi connectivity index (χ0n) is 22.2. The maximum atomic E-state index is 13.9. The molecule has 5 rings (SSSR count). The molecule has 1 saturated heterocycles. The number of alkyl halides is 3. The molecule has 2 aliphatic heterocycles. The second kappa shape index (κ2) is 10.7. The zero-order chi connectivity index (χ0) is 27.7. The fourth-order valence-corrected chi connectivity index (χ4v) is 4.97. The molecule has 3 heterocycles.